The van der Waals surface area contributed by atoms with Crippen LogP contribution >= 0.6 is 0 Å². The summed E-state index contributed by atoms with van der Waals surface area (Å²) >= 11 is 0. The van der Waals surface area contributed by atoms with Gasteiger partial charge in [-0.15, -0.1) is 0 Å². The number of methoxy groups -OCH3 is 1. The lowest BCUT2D eigenvalue weighted by atomic mass is 9.92. The minimum atomic E-state index is 0.0287. The van der Waals surface area contributed by atoms with Crippen molar-refractivity contribution in [3.05, 3.63) is 30.5 Å². The average Bonchev–Trinajstić information content (AvgIpc) is 3.09. The highest BCUT2D eigenvalue weighted by Crippen LogP contribution is 2.31. The van der Waals surface area contributed by atoms with Crippen molar-refractivity contribution < 1.29 is 9.53 Å². The Morgan fingerprint density at radius 1 is 1.45 bits per heavy atom. The first-order chi connectivity index (χ1) is 10.8. The number of nitrogens with zero attached hydrogens (tertiary/aromatic N) is 4. The van der Waals surface area contributed by atoms with Gasteiger partial charge in [-0.25, -0.2) is 0 Å². The molecule has 0 aromatic carbocycles. The standard InChI is InChI=1S/C15H19N5O2/c1-22-10-13(21)20-6-2-3-11(9-20)14-15(17-5-4-16-14)12-7-18-19-8-12/h4-5,7-8,11H,2-3,6,9-10H2,1H3,(H,18,19)/t11-/m0/s1. The van der Waals surface area contributed by atoms with Gasteiger partial charge in [0, 0.05) is 50.3 Å². The molecule has 1 aliphatic heterocycles. The number of hydrogen-bond acceptors (Lipinski definition) is 5. The van der Waals surface area contributed by atoms with Crippen molar-refractivity contribution in [1.82, 2.24) is 25.1 Å². The summed E-state index contributed by atoms with van der Waals surface area (Å²) in [5, 5.41) is 6.78. The highest BCUT2D eigenvalue weighted by Gasteiger charge is 2.27. The zero-order chi connectivity index (χ0) is 15.4. The third-order valence-electron chi connectivity index (χ3n) is 3.93. The van der Waals surface area contributed by atoms with Gasteiger partial charge in [0.05, 0.1) is 17.6 Å². The molecule has 1 amide bonds. The number of ether oxygens (including phenoxy) is 1. The summed E-state index contributed by atoms with van der Waals surface area (Å²) in [7, 11) is 1.54. The van der Waals surface area contributed by atoms with Gasteiger partial charge >= 0.3 is 0 Å². The Labute approximate surface area is 128 Å². The molecule has 0 spiro atoms. The zero-order valence-electron chi connectivity index (χ0n) is 12.5. The lowest BCUT2D eigenvalue weighted by molar-refractivity contribution is -0.136. The number of rotatable bonds is 4. The Kier molecular flexibility index (Phi) is 4.43. The van der Waals surface area contributed by atoms with E-state index in [1.807, 2.05) is 11.1 Å². The summed E-state index contributed by atoms with van der Waals surface area (Å²) in [6.45, 7) is 1.56. The Morgan fingerprint density at radius 2 is 2.32 bits per heavy atom. The van der Waals surface area contributed by atoms with E-state index in [-0.39, 0.29) is 18.4 Å². The minimum absolute atomic E-state index is 0.0287. The third-order valence-corrected chi connectivity index (χ3v) is 3.93. The maximum atomic E-state index is 12.0. The lowest BCUT2D eigenvalue weighted by Crippen LogP contribution is -2.41. The SMILES string of the molecule is COCC(=O)N1CCC[C@H](c2nccnc2-c2cn[nH]c2)C1. The summed E-state index contributed by atoms with van der Waals surface area (Å²) < 4.78 is 4.95. The number of nitrogens with one attached hydrogen (secondary N) is 1. The van der Waals surface area contributed by atoms with E-state index in [2.05, 4.69) is 20.2 Å². The van der Waals surface area contributed by atoms with Crippen molar-refractivity contribution in [3.8, 4) is 11.3 Å². The van der Waals surface area contributed by atoms with E-state index in [1.54, 1.807) is 25.7 Å². The molecule has 7 heteroatoms. The molecule has 0 aliphatic carbocycles. The predicted octanol–water partition coefficient (Wildman–Crippen LogP) is 1.22. The highest BCUT2D eigenvalue weighted by atomic mass is 16.5. The quantitative estimate of drug-likeness (QED) is 0.918. The van der Waals surface area contributed by atoms with Crippen LogP contribution < -0.4 is 0 Å². The fraction of sp³-hybridized carbons (Fsp3) is 0.467. The molecule has 7 nitrogen and oxygen atoms in total. The number of piperidine rings is 1. The second-order valence-electron chi connectivity index (χ2n) is 5.39. The van der Waals surface area contributed by atoms with Gasteiger partial charge in [-0.2, -0.15) is 5.10 Å². The Hall–Kier alpha value is -2.28. The first-order valence-electron chi connectivity index (χ1n) is 7.36. The summed E-state index contributed by atoms with van der Waals surface area (Å²) in [5.41, 5.74) is 2.68. The van der Waals surface area contributed by atoms with Crippen molar-refractivity contribution in [2.45, 2.75) is 18.8 Å². The number of amides is 1. The molecule has 1 saturated heterocycles. The van der Waals surface area contributed by atoms with E-state index >= 15 is 0 Å². The van der Waals surface area contributed by atoms with Crippen LogP contribution in [0.15, 0.2) is 24.8 Å². The first-order valence-corrected chi connectivity index (χ1v) is 7.36. The molecule has 0 saturated carbocycles. The Bertz CT molecular complexity index is 629. The fourth-order valence-electron chi connectivity index (χ4n) is 2.89. The zero-order valence-corrected chi connectivity index (χ0v) is 12.5. The normalized spacial score (nSPS) is 18.4. The van der Waals surface area contributed by atoms with Gasteiger partial charge in [0.2, 0.25) is 5.91 Å². The monoisotopic (exact) mass is 301 g/mol. The molecule has 22 heavy (non-hydrogen) atoms. The molecule has 2 aromatic heterocycles. The van der Waals surface area contributed by atoms with Crippen LogP contribution in [0.1, 0.15) is 24.5 Å². The summed E-state index contributed by atoms with van der Waals surface area (Å²) in [5.74, 6) is 0.217. The van der Waals surface area contributed by atoms with Crippen molar-refractivity contribution in [1.29, 1.82) is 0 Å². The van der Waals surface area contributed by atoms with Crippen molar-refractivity contribution in [3.63, 3.8) is 0 Å². The van der Waals surface area contributed by atoms with Gasteiger partial charge in [0.25, 0.3) is 0 Å². The highest BCUT2D eigenvalue weighted by molar-refractivity contribution is 5.77. The van der Waals surface area contributed by atoms with Crippen LogP contribution in [-0.4, -0.2) is 57.8 Å². The van der Waals surface area contributed by atoms with Gasteiger partial charge in [-0.3, -0.25) is 19.9 Å². The van der Waals surface area contributed by atoms with E-state index in [1.165, 1.54) is 0 Å². The molecule has 2 aromatic rings. The second kappa shape index (κ2) is 6.65. The number of hydrogen-bond donors (Lipinski definition) is 1. The lowest BCUT2D eigenvalue weighted by Gasteiger charge is -2.32. The number of H-pyrrole nitrogens is 1. The van der Waals surface area contributed by atoms with Crippen LogP contribution in [0.2, 0.25) is 0 Å². The molecule has 1 aliphatic rings. The molecule has 116 valence electrons. The molecule has 1 N–H and O–H groups in total. The van der Waals surface area contributed by atoms with Crippen molar-refractivity contribution in [2.75, 3.05) is 26.8 Å². The number of likely N-dealkylation sites (tertiary alicyclic amines) is 1. The number of carbonyl (C=O) groups is 1. The Balaban J connectivity index is 1.84. The summed E-state index contributed by atoms with van der Waals surface area (Å²) in [6, 6.07) is 0. The molecule has 0 unspecified atom stereocenters. The van der Waals surface area contributed by atoms with Gasteiger partial charge in [-0.05, 0) is 12.8 Å². The van der Waals surface area contributed by atoms with E-state index in [0.717, 1.165) is 36.3 Å². The van der Waals surface area contributed by atoms with Gasteiger partial charge in [0.1, 0.15) is 6.61 Å². The maximum absolute atomic E-state index is 12.0. The molecule has 3 rings (SSSR count). The van der Waals surface area contributed by atoms with Crippen LogP contribution in [0.4, 0.5) is 0 Å². The minimum Gasteiger partial charge on any atom is -0.375 e. The van der Waals surface area contributed by atoms with Crippen LogP contribution in [0, 0.1) is 0 Å². The van der Waals surface area contributed by atoms with Crippen LogP contribution in [0.3, 0.4) is 0 Å². The molecular formula is C15H19N5O2. The molecule has 1 atom stereocenters. The second-order valence-corrected chi connectivity index (χ2v) is 5.39. The van der Waals surface area contributed by atoms with Crippen LogP contribution in [0.5, 0.6) is 0 Å². The van der Waals surface area contributed by atoms with E-state index in [0.29, 0.717) is 6.54 Å². The van der Waals surface area contributed by atoms with Gasteiger partial charge in [-0.1, -0.05) is 0 Å². The van der Waals surface area contributed by atoms with Crippen molar-refractivity contribution >= 4 is 5.91 Å². The largest absolute Gasteiger partial charge is 0.375 e. The summed E-state index contributed by atoms with van der Waals surface area (Å²) in [4.78, 5) is 22.9. The van der Waals surface area contributed by atoms with E-state index < -0.39 is 0 Å². The van der Waals surface area contributed by atoms with E-state index in [9.17, 15) is 4.79 Å². The molecule has 0 radical (unpaired) electrons. The number of carbonyl (C=O) groups excluding carboxylic acids is 1. The van der Waals surface area contributed by atoms with Crippen molar-refractivity contribution in [2.24, 2.45) is 0 Å². The van der Waals surface area contributed by atoms with Gasteiger partial charge < -0.3 is 9.64 Å². The summed E-state index contributed by atoms with van der Waals surface area (Å²) in [6.07, 6.45) is 8.90. The molecule has 0 bridgehead atoms. The smallest absolute Gasteiger partial charge is 0.248 e. The maximum Gasteiger partial charge on any atom is 0.248 e. The number of aromatic amines is 1. The predicted molar refractivity (Wildman–Crippen MR) is 80.0 cm³/mol. The van der Waals surface area contributed by atoms with Crippen LogP contribution in [0.25, 0.3) is 11.3 Å². The molecule has 1 fully saturated rings. The third kappa shape index (κ3) is 2.99. The fourth-order valence-corrected chi connectivity index (χ4v) is 2.89. The van der Waals surface area contributed by atoms with Crippen LogP contribution in [-0.2, 0) is 9.53 Å². The Morgan fingerprint density at radius 3 is 3.09 bits per heavy atom. The average molecular weight is 301 g/mol. The molecule has 3 heterocycles. The van der Waals surface area contributed by atoms with E-state index in [4.69, 9.17) is 4.74 Å². The topological polar surface area (TPSA) is 84.0 Å². The first kappa shape index (κ1) is 14.6. The van der Waals surface area contributed by atoms with Gasteiger partial charge in [0.15, 0.2) is 0 Å². The molecular weight excluding hydrogens is 282 g/mol. The number of aromatic nitrogens is 4.